The zero-order chi connectivity index (χ0) is 18.2. The predicted octanol–water partition coefficient (Wildman–Crippen LogP) is 3.99. The number of pyridine rings is 1. The Labute approximate surface area is 152 Å². The van der Waals surface area contributed by atoms with Gasteiger partial charge in [-0.2, -0.15) is 0 Å². The summed E-state index contributed by atoms with van der Waals surface area (Å²) in [4.78, 5) is 28.2. The van der Waals surface area contributed by atoms with Crippen LogP contribution in [0.4, 0.5) is 8.78 Å². The van der Waals surface area contributed by atoms with E-state index in [1.54, 1.807) is 0 Å². The van der Waals surface area contributed by atoms with Crippen molar-refractivity contribution in [2.45, 2.75) is 25.1 Å². The van der Waals surface area contributed by atoms with Gasteiger partial charge in [0.05, 0.1) is 10.0 Å². The van der Waals surface area contributed by atoms with E-state index in [1.165, 1.54) is 30.5 Å². The Hall–Kier alpha value is -2.05. The van der Waals surface area contributed by atoms with Crippen molar-refractivity contribution in [2.24, 2.45) is 0 Å². The number of fused-ring (bicyclic) bond motifs is 1. The standard InChI is InChI=1S/C17H12Cl2F2N2O2/c18-11-4-3-9(13(19)14(11)20)8-23-16(25)17(21)6-5-12(24)15-10(17)2-1-7-22-15/h1-4,7H,5-6,8H2,(H,23,25). The lowest BCUT2D eigenvalue weighted by molar-refractivity contribution is -0.134. The highest BCUT2D eigenvalue weighted by Gasteiger charge is 2.46. The van der Waals surface area contributed by atoms with Crippen LogP contribution in [0.5, 0.6) is 0 Å². The summed E-state index contributed by atoms with van der Waals surface area (Å²) in [5, 5.41) is 2.03. The lowest BCUT2D eigenvalue weighted by Gasteiger charge is -2.29. The van der Waals surface area contributed by atoms with E-state index in [0.29, 0.717) is 0 Å². The van der Waals surface area contributed by atoms with E-state index in [2.05, 4.69) is 10.3 Å². The van der Waals surface area contributed by atoms with Crippen molar-refractivity contribution in [3.8, 4) is 0 Å². The first-order chi connectivity index (χ1) is 11.8. The first kappa shape index (κ1) is 17.8. The number of hydrogen-bond donors (Lipinski definition) is 1. The molecule has 1 unspecified atom stereocenters. The van der Waals surface area contributed by atoms with Crippen molar-refractivity contribution in [3.05, 3.63) is 63.1 Å². The van der Waals surface area contributed by atoms with Crippen LogP contribution in [0.1, 0.15) is 34.5 Å². The number of benzene rings is 1. The minimum Gasteiger partial charge on any atom is -0.349 e. The Bertz CT molecular complexity index is 876. The zero-order valence-electron chi connectivity index (χ0n) is 12.8. The highest BCUT2D eigenvalue weighted by Crippen LogP contribution is 2.38. The molecule has 1 N–H and O–H groups in total. The minimum atomic E-state index is -2.38. The monoisotopic (exact) mass is 384 g/mol. The van der Waals surface area contributed by atoms with E-state index in [0.717, 1.165) is 0 Å². The molecule has 3 rings (SSSR count). The first-order valence-corrected chi connectivity index (χ1v) is 8.18. The van der Waals surface area contributed by atoms with Gasteiger partial charge in [0.15, 0.2) is 11.6 Å². The summed E-state index contributed by atoms with van der Waals surface area (Å²) in [7, 11) is 0. The maximum atomic E-state index is 15.3. The molecule has 0 saturated carbocycles. The van der Waals surface area contributed by atoms with Gasteiger partial charge in [-0.15, -0.1) is 0 Å². The fourth-order valence-electron chi connectivity index (χ4n) is 2.74. The smallest absolute Gasteiger partial charge is 0.262 e. The van der Waals surface area contributed by atoms with Crippen LogP contribution < -0.4 is 5.32 Å². The van der Waals surface area contributed by atoms with Crippen molar-refractivity contribution in [2.75, 3.05) is 0 Å². The van der Waals surface area contributed by atoms with E-state index < -0.39 is 17.4 Å². The number of nitrogens with one attached hydrogen (secondary N) is 1. The van der Waals surface area contributed by atoms with Gasteiger partial charge in [0.2, 0.25) is 5.67 Å². The highest BCUT2D eigenvalue weighted by atomic mass is 35.5. The number of hydrogen-bond acceptors (Lipinski definition) is 3. The normalized spacial score (nSPS) is 19.4. The molecule has 4 nitrogen and oxygen atoms in total. The molecule has 0 aliphatic heterocycles. The molecule has 1 aromatic carbocycles. The van der Waals surface area contributed by atoms with Gasteiger partial charge < -0.3 is 5.32 Å². The van der Waals surface area contributed by atoms with Gasteiger partial charge in [-0.05, 0) is 17.7 Å². The topological polar surface area (TPSA) is 59.1 Å². The molecule has 130 valence electrons. The fourth-order valence-corrected chi connectivity index (χ4v) is 3.18. The molecule has 0 radical (unpaired) electrons. The van der Waals surface area contributed by atoms with Gasteiger partial charge in [-0.1, -0.05) is 35.3 Å². The summed E-state index contributed by atoms with van der Waals surface area (Å²) in [6.07, 6.45) is 0.972. The number of rotatable bonds is 3. The summed E-state index contributed by atoms with van der Waals surface area (Å²) in [6, 6.07) is 5.57. The van der Waals surface area contributed by atoms with Gasteiger partial charge >= 0.3 is 0 Å². The Morgan fingerprint density at radius 2 is 2.08 bits per heavy atom. The summed E-state index contributed by atoms with van der Waals surface area (Å²) in [6.45, 7) is -0.180. The average Bonchev–Trinajstić information content (AvgIpc) is 2.62. The molecule has 1 atom stereocenters. The summed E-state index contributed by atoms with van der Waals surface area (Å²) in [5.41, 5.74) is -2.22. The third-order valence-electron chi connectivity index (χ3n) is 4.11. The summed E-state index contributed by atoms with van der Waals surface area (Å²) >= 11 is 11.5. The number of carbonyl (C=O) groups is 2. The van der Waals surface area contributed by atoms with Crippen molar-refractivity contribution >= 4 is 34.9 Å². The van der Waals surface area contributed by atoms with Gasteiger partial charge in [-0.25, -0.2) is 8.78 Å². The SMILES string of the molecule is O=C1CCC(F)(C(=O)NCc2ccc(Cl)c(F)c2Cl)c2cccnc21. The molecule has 1 heterocycles. The van der Waals surface area contributed by atoms with Gasteiger partial charge in [0, 0.05) is 31.1 Å². The van der Waals surface area contributed by atoms with Crippen molar-refractivity contribution in [3.63, 3.8) is 0 Å². The molecule has 1 aliphatic carbocycles. The third-order valence-corrected chi connectivity index (χ3v) is 4.81. The average molecular weight is 385 g/mol. The lowest BCUT2D eigenvalue weighted by atomic mass is 9.81. The molecule has 0 fully saturated rings. The number of nitrogens with zero attached hydrogens (tertiary/aromatic N) is 1. The van der Waals surface area contributed by atoms with E-state index in [-0.39, 0.29) is 52.0 Å². The minimum absolute atomic E-state index is 0.0398. The molecule has 1 amide bonds. The number of amides is 1. The molecule has 1 aromatic heterocycles. The second-order valence-corrected chi connectivity index (χ2v) is 6.43. The molecule has 1 aliphatic rings. The van der Waals surface area contributed by atoms with Crippen LogP contribution in [0, 0.1) is 5.82 Å². The Morgan fingerprint density at radius 3 is 2.84 bits per heavy atom. The lowest BCUT2D eigenvalue weighted by Crippen LogP contribution is -2.44. The summed E-state index contributed by atoms with van der Waals surface area (Å²) in [5.74, 6) is -2.04. The maximum absolute atomic E-state index is 15.3. The number of Topliss-reactive ketones (excluding diaryl/α,β-unsaturated/α-hetero) is 1. The number of carbonyl (C=O) groups excluding carboxylic acids is 2. The van der Waals surface area contributed by atoms with E-state index in [4.69, 9.17) is 23.2 Å². The molecule has 8 heteroatoms. The van der Waals surface area contributed by atoms with E-state index >= 15 is 4.39 Å². The van der Waals surface area contributed by atoms with Crippen molar-refractivity contribution in [1.82, 2.24) is 10.3 Å². The van der Waals surface area contributed by atoms with Crippen LogP contribution in [-0.4, -0.2) is 16.7 Å². The Morgan fingerprint density at radius 1 is 1.32 bits per heavy atom. The molecular weight excluding hydrogens is 373 g/mol. The van der Waals surface area contributed by atoms with Crippen molar-refractivity contribution < 1.29 is 18.4 Å². The molecule has 25 heavy (non-hydrogen) atoms. The van der Waals surface area contributed by atoms with E-state index in [9.17, 15) is 14.0 Å². The number of alkyl halides is 1. The van der Waals surface area contributed by atoms with Crippen LogP contribution in [0.25, 0.3) is 0 Å². The van der Waals surface area contributed by atoms with Crippen LogP contribution in [0.2, 0.25) is 10.0 Å². The van der Waals surface area contributed by atoms with Crippen LogP contribution in [-0.2, 0) is 17.0 Å². The number of aromatic nitrogens is 1. The Balaban J connectivity index is 1.84. The zero-order valence-corrected chi connectivity index (χ0v) is 14.3. The maximum Gasteiger partial charge on any atom is 0.262 e. The largest absolute Gasteiger partial charge is 0.349 e. The van der Waals surface area contributed by atoms with Crippen molar-refractivity contribution in [1.29, 1.82) is 0 Å². The second kappa shape index (κ2) is 6.69. The van der Waals surface area contributed by atoms with E-state index in [1.807, 2.05) is 0 Å². The molecular formula is C17H12Cl2F2N2O2. The first-order valence-electron chi connectivity index (χ1n) is 7.43. The van der Waals surface area contributed by atoms with Gasteiger partial charge in [0.1, 0.15) is 5.69 Å². The van der Waals surface area contributed by atoms with Crippen LogP contribution >= 0.6 is 23.2 Å². The van der Waals surface area contributed by atoms with Gasteiger partial charge in [-0.3, -0.25) is 14.6 Å². The number of halogens is 4. The van der Waals surface area contributed by atoms with Crippen LogP contribution in [0.3, 0.4) is 0 Å². The Kier molecular flexibility index (Phi) is 4.75. The van der Waals surface area contributed by atoms with Crippen LogP contribution in [0.15, 0.2) is 30.5 Å². The fraction of sp³-hybridized carbons (Fsp3) is 0.235. The predicted molar refractivity (Wildman–Crippen MR) is 88.9 cm³/mol. The van der Waals surface area contributed by atoms with Gasteiger partial charge in [0.25, 0.3) is 5.91 Å². The second-order valence-electron chi connectivity index (χ2n) is 5.64. The highest BCUT2D eigenvalue weighted by molar-refractivity contribution is 6.35. The molecule has 2 aromatic rings. The molecule has 0 bridgehead atoms. The number of ketones is 1. The molecule has 0 spiro atoms. The summed E-state index contributed by atoms with van der Waals surface area (Å²) < 4.78 is 29.0. The third kappa shape index (κ3) is 3.12. The molecule has 0 saturated heterocycles. The quantitative estimate of drug-likeness (QED) is 0.814.